The van der Waals surface area contributed by atoms with Gasteiger partial charge < -0.3 is 14.0 Å². The Morgan fingerprint density at radius 1 is 1.21 bits per heavy atom. The number of aromatic nitrogens is 4. The third-order valence-electron chi connectivity index (χ3n) is 4.53. The van der Waals surface area contributed by atoms with Gasteiger partial charge in [-0.25, -0.2) is 9.78 Å². The number of nitrogens with one attached hydrogen (secondary N) is 1. The predicted octanol–water partition coefficient (Wildman–Crippen LogP) is 3.02. The zero-order valence-corrected chi connectivity index (χ0v) is 19.6. The SMILES string of the molecule is COc1cccc(Cn2c(Br)nc3c2c(=O)[nH]c(=O)n3COCC[Si](C)(C)C)c1. The Kier molecular flexibility index (Phi) is 6.44. The molecule has 8 nitrogen and oxygen atoms in total. The van der Waals surface area contributed by atoms with Crippen molar-refractivity contribution in [3.8, 4) is 5.75 Å². The lowest BCUT2D eigenvalue weighted by Gasteiger charge is -2.15. The van der Waals surface area contributed by atoms with Crippen LogP contribution in [0.25, 0.3) is 11.2 Å². The van der Waals surface area contributed by atoms with E-state index in [2.05, 4.69) is 45.5 Å². The van der Waals surface area contributed by atoms with Crippen molar-refractivity contribution in [1.29, 1.82) is 0 Å². The Morgan fingerprint density at radius 3 is 2.66 bits per heavy atom. The summed E-state index contributed by atoms with van der Waals surface area (Å²) in [4.78, 5) is 31.7. The summed E-state index contributed by atoms with van der Waals surface area (Å²) in [6.45, 7) is 7.79. The second kappa shape index (κ2) is 8.68. The number of methoxy groups -OCH3 is 1. The molecule has 3 rings (SSSR count). The second-order valence-electron chi connectivity index (χ2n) is 8.03. The van der Waals surface area contributed by atoms with Gasteiger partial charge >= 0.3 is 5.69 Å². The molecule has 0 saturated heterocycles. The van der Waals surface area contributed by atoms with Crippen molar-refractivity contribution in [2.45, 2.75) is 39.0 Å². The third kappa shape index (κ3) is 5.06. The van der Waals surface area contributed by atoms with E-state index in [1.165, 1.54) is 4.57 Å². The Bertz CT molecular complexity index is 1130. The van der Waals surface area contributed by atoms with Crippen LogP contribution in [0.5, 0.6) is 5.75 Å². The molecule has 0 aliphatic heterocycles. The van der Waals surface area contributed by atoms with Gasteiger partial charge in [-0.2, -0.15) is 0 Å². The Hall–Kier alpha value is -2.17. The molecule has 0 saturated carbocycles. The molecule has 0 fully saturated rings. The normalized spacial score (nSPS) is 11.9. The van der Waals surface area contributed by atoms with Gasteiger partial charge in [-0.15, -0.1) is 0 Å². The number of ether oxygens (including phenoxy) is 2. The minimum Gasteiger partial charge on any atom is -0.497 e. The minimum absolute atomic E-state index is 0.0409. The molecule has 2 aromatic heterocycles. The van der Waals surface area contributed by atoms with Crippen LogP contribution in [0.4, 0.5) is 0 Å². The molecule has 3 aromatic rings. The van der Waals surface area contributed by atoms with Crippen molar-refractivity contribution in [2.75, 3.05) is 13.7 Å². The highest BCUT2D eigenvalue weighted by Crippen LogP contribution is 2.20. The van der Waals surface area contributed by atoms with Crippen LogP contribution in [-0.4, -0.2) is 40.9 Å². The fourth-order valence-electron chi connectivity index (χ4n) is 2.90. The molecular weight excluding hydrogens is 456 g/mol. The molecule has 0 unspecified atom stereocenters. The number of nitrogens with zero attached hydrogens (tertiary/aromatic N) is 3. The first-order chi connectivity index (χ1) is 13.7. The fraction of sp³-hybridized carbons (Fsp3) is 0.421. The Balaban J connectivity index is 1.95. The van der Waals surface area contributed by atoms with Crippen LogP contribution in [0.15, 0.2) is 38.6 Å². The molecule has 0 aliphatic rings. The summed E-state index contributed by atoms with van der Waals surface area (Å²) >= 11 is 3.42. The van der Waals surface area contributed by atoms with Crippen molar-refractivity contribution in [3.63, 3.8) is 0 Å². The maximum absolute atomic E-state index is 12.6. The van der Waals surface area contributed by atoms with Crippen LogP contribution < -0.4 is 16.0 Å². The fourth-order valence-corrected chi connectivity index (χ4v) is 4.12. The van der Waals surface area contributed by atoms with E-state index in [0.717, 1.165) is 17.4 Å². The van der Waals surface area contributed by atoms with E-state index in [9.17, 15) is 9.59 Å². The number of halogens is 1. The smallest absolute Gasteiger partial charge is 0.332 e. The number of hydrogen-bond donors (Lipinski definition) is 1. The molecule has 0 aliphatic carbocycles. The van der Waals surface area contributed by atoms with Crippen molar-refractivity contribution >= 4 is 35.2 Å². The highest BCUT2D eigenvalue weighted by atomic mass is 79.9. The molecule has 0 radical (unpaired) electrons. The van der Waals surface area contributed by atoms with Gasteiger partial charge in [0.05, 0.1) is 13.7 Å². The number of hydrogen-bond acceptors (Lipinski definition) is 5. The molecule has 0 amide bonds. The highest BCUT2D eigenvalue weighted by molar-refractivity contribution is 9.10. The topological polar surface area (TPSA) is 91.1 Å². The molecule has 0 bridgehead atoms. The number of fused-ring (bicyclic) bond motifs is 1. The number of benzene rings is 1. The van der Waals surface area contributed by atoms with Crippen LogP contribution >= 0.6 is 15.9 Å². The van der Waals surface area contributed by atoms with Crippen LogP contribution in [0, 0.1) is 0 Å². The van der Waals surface area contributed by atoms with Crippen molar-refractivity contribution in [3.05, 3.63) is 55.4 Å². The number of rotatable bonds is 8. The summed E-state index contributed by atoms with van der Waals surface area (Å²) in [5.41, 5.74) is 0.529. The zero-order valence-electron chi connectivity index (χ0n) is 17.0. The first-order valence-electron chi connectivity index (χ1n) is 9.29. The average Bonchev–Trinajstić information content (AvgIpc) is 2.96. The summed E-state index contributed by atoms with van der Waals surface area (Å²) in [6.07, 6.45) is 0. The maximum atomic E-state index is 12.6. The van der Waals surface area contributed by atoms with Crippen LogP contribution in [-0.2, 0) is 18.0 Å². The maximum Gasteiger partial charge on any atom is 0.332 e. The standard InChI is InChI=1S/C19H25BrN4O4Si/c1-27-14-7-5-6-13(10-14)11-23-15-16(21-18(23)20)24(19(26)22-17(15)25)12-28-8-9-29(2,3)4/h5-7,10H,8-9,11-12H2,1-4H3,(H,22,25,26). The van der Waals surface area contributed by atoms with Gasteiger partial charge in [-0.3, -0.25) is 14.3 Å². The molecular formula is C19H25BrN4O4Si. The zero-order chi connectivity index (χ0) is 21.2. The molecule has 10 heteroatoms. The van der Waals surface area contributed by atoms with Crippen molar-refractivity contribution in [1.82, 2.24) is 19.1 Å². The van der Waals surface area contributed by atoms with Gasteiger partial charge in [0.25, 0.3) is 5.56 Å². The van der Waals surface area contributed by atoms with Crippen molar-refractivity contribution in [2.24, 2.45) is 0 Å². The number of aromatic amines is 1. The minimum atomic E-state index is -1.24. The quantitative estimate of drug-likeness (QED) is 0.304. The second-order valence-corrected chi connectivity index (χ2v) is 14.4. The third-order valence-corrected chi connectivity index (χ3v) is 6.84. The summed E-state index contributed by atoms with van der Waals surface area (Å²) < 4.78 is 14.5. The van der Waals surface area contributed by atoms with Crippen LogP contribution in [0.1, 0.15) is 5.56 Å². The van der Waals surface area contributed by atoms with E-state index < -0.39 is 19.3 Å². The van der Waals surface area contributed by atoms with E-state index in [4.69, 9.17) is 9.47 Å². The van der Waals surface area contributed by atoms with Gasteiger partial charge in [0.15, 0.2) is 15.9 Å². The van der Waals surface area contributed by atoms with E-state index in [1.54, 1.807) is 11.7 Å². The Labute approximate surface area is 177 Å². The molecule has 156 valence electrons. The van der Waals surface area contributed by atoms with E-state index in [0.29, 0.717) is 29.0 Å². The van der Waals surface area contributed by atoms with Gasteiger partial charge in [-0.05, 0) is 39.7 Å². The molecule has 2 heterocycles. The molecule has 1 N–H and O–H groups in total. The monoisotopic (exact) mass is 480 g/mol. The first kappa shape index (κ1) is 21.5. The first-order valence-corrected chi connectivity index (χ1v) is 13.8. The number of imidazole rings is 1. The molecule has 0 spiro atoms. The van der Waals surface area contributed by atoms with Crippen LogP contribution in [0.3, 0.4) is 0 Å². The summed E-state index contributed by atoms with van der Waals surface area (Å²) in [7, 11) is 0.369. The largest absolute Gasteiger partial charge is 0.497 e. The van der Waals surface area contributed by atoms with Gasteiger partial charge in [0.1, 0.15) is 12.5 Å². The molecule has 29 heavy (non-hydrogen) atoms. The lowest BCUT2D eigenvalue weighted by molar-refractivity contribution is 0.0865. The lowest BCUT2D eigenvalue weighted by atomic mass is 10.2. The highest BCUT2D eigenvalue weighted by Gasteiger charge is 2.18. The van der Waals surface area contributed by atoms with Crippen LogP contribution in [0.2, 0.25) is 25.7 Å². The summed E-state index contributed by atoms with van der Waals surface area (Å²) in [6, 6.07) is 8.55. The lowest BCUT2D eigenvalue weighted by Crippen LogP contribution is -2.32. The average molecular weight is 481 g/mol. The van der Waals surface area contributed by atoms with Crippen molar-refractivity contribution < 1.29 is 9.47 Å². The van der Waals surface area contributed by atoms with Gasteiger partial charge in [0.2, 0.25) is 0 Å². The van der Waals surface area contributed by atoms with E-state index >= 15 is 0 Å². The molecule has 0 atom stereocenters. The Morgan fingerprint density at radius 2 is 1.97 bits per heavy atom. The summed E-state index contributed by atoms with van der Waals surface area (Å²) in [5, 5.41) is 0. The molecule has 1 aromatic carbocycles. The van der Waals surface area contributed by atoms with Gasteiger partial charge in [-0.1, -0.05) is 31.8 Å². The predicted molar refractivity (Wildman–Crippen MR) is 119 cm³/mol. The number of H-pyrrole nitrogens is 1. The van der Waals surface area contributed by atoms with E-state index in [1.807, 2.05) is 24.3 Å². The van der Waals surface area contributed by atoms with Gasteiger partial charge in [0, 0.05) is 14.7 Å². The summed E-state index contributed by atoms with van der Waals surface area (Å²) in [5.74, 6) is 0.727. The van der Waals surface area contributed by atoms with E-state index in [-0.39, 0.29) is 6.73 Å².